The van der Waals surface area contributed by atoms with Gasteiger partial charge >= 0.3 is 6.18 Å². The quantitative estimate of drug-likeness (QED) is 0.258. The molecule has 5 rings (SSSR count). The molecule has 1 aliphatic rings. The van der Waals surface area contributed by atoms with Crippen LogP contribution < -0.4 is 5.32 Å². The van der Waals surface area contributed by atoms with Gasteiger partial charge in [0, 0.05) is 17.5 Å². The maximum atomic E-state index is 14.7. The number of benzene rings is 2. The second-order valence-electron chi connectivity index (χ2n) is 8.88. The lowest BCUT2D eigenvalue weighted by molar-refractivity contribution is -0.137. The number of hydrogen-bond acceptors (Lipinski definition) is 4. The van der Waals surface area contributed by atoms with Gasteiger partial charge in [-0.3, -0.25) is 4.98 Å². The molecule has 0 saturated carbocycles. The lowest BCUT2D eigenvalue weighted by Crippen LogP contribution is -2.40. The molecule has 2 aromatic carbocycles. The van der Waals surface area contributed by atoms with Gasteiger partial charge in [0.1, 0.15) is 11.4 Å². The molecule has 2 heterocycles. The number of pyridine rings is 1. The first kappa shape index (κ1) is 24.7. The van der Waals surface area contributed by atoms with Crippen molar-refractivity contribution >= 4 is 28.1 Å². The Morgan fingerprint density at radius 1 is 0.944 bits per heavy atom. The smallest absolute Gasteiger partial charge is 0.346 e. The second kappa shape index (κ2) is 9.82. The Morgan fingerprint density at radius 2 is 1.69 bits per heavy atom. The highest BCUT2D eigenvalue weighted by atomic mass is 35.5. The summed E-state index contributed by atoms with van der Waals surface area (Å²) in [7, 11) is 0. The summed E-state index contributed by atoms with van der Waals surface area (Å²) in [5, 5.41) is 4.37. The average Bonchev–Trinajstić information content (AvgIpc) is 3.26. The third kappa shape index (κ3) is 5.11. The first-order valence-corrected chi connectivity index (χ1v) is 12.7. The molecule has 0 radical (unpaired) electrons. The largest absolute Gasteiger partial charge is 0.416 e. The van der Waals surface area contributed by atoms with Crippen molar-refractivity contribution in [3.63, 3.8) is 0 Å². The number of alkyl halides is 3. The molecule has 36 heavy (non-hydrogen) atoms. The van der Waals surface area contributed by atoms with E-state index in [1.165, 1.54) is 17.5 Å². The highest BCUT2D eigenvalue weighted by Gasteiger charge is 2.40. The van der Waals surface area contributed by atoms with E-state index in [2.05, 4.69) is 10.3 Å². The van der Waals surface area contributed by atoms with Crippen LogP contribution in [0.3, 0.4) is 0 Å². The molecule has 0 amide bonds. The van der Waals surface area contributed by atoms with Crippen LogP contribution in [-0.4, -0.2) is 9.97 Å². The number of aromatic nitrogens is 2. The summed E-state index contributed by atoms with van der Waals surface area (Å²) in [5.74, 6) is -0.980. The molecule has 4 aromatic rings. The van der Waals surface area contributed by atoms with Crippen LogP contribution >= 0.6 is 22.9 Å². The Morgan fingerprint density at radius 3 is 2.39 bits per heavy atom. The third-order valence-electron chi connectivity index (χ3n) is 6.36. The molecular weight excluding hydrogens is 510 g/mol. The minimum absolute atomic E-state index is 0.0988. The highest BCUT2D eigenvalue weighted by Crippen LogP contribution is 2.41. The maximum absolute atomic E-state index is 14.7. The van der Waals surface area contributed by atoms with Crippen molar-refractivity contribution in [1.82, 2.24) is 9.97 Å². The summed E-state index contributed by atoms with van der Waals surface area (Å²) >= 11 is 7.59. The molecule has 0 fully saturated rings. The van der Waals surface area contributed by atoms with E-state index in [4.69, 9.17) is 16.6 Å². The van der Waals surface area contributed by atoms with Crippen molar-refractivity contribution in [2.24, 2.45) is 0 Å². The van der Waals surface area contributed by atoms with Gasteiger partial charge in [-0.05, 0) is 67.1 Å². The molecule has 3 nitrogen and oxygen atoms in total. The number of anilines is 1. The number of nitrogens with one attached hydrogen (secondary N) is 1. The number of hydrogen-bond donors (Lipinski definition) is 1. The lowest BCUT2D eigenvalue weighted by atomic mass is 9.80. The van der Waals surface area contributed by atoms with Crippen LogP contribution in [0.25, 0.3) is 0 Å². The Hall–Kier alpha value is -2.97. The fourth-order valence-corrected chi connectivity index (χ4v) is 5.88. The normalized spacial score (nSPS) is 15.2. The number of fused-ring (bicyclic) bond motifs is 1. The van der Waals surface area contributed by atoms with Crippen molar-refractivity contribution in [3.05, 3.63) is 111 Å². The molecule has 0 unspecified atom stereocenters. The molecule has 9 heteroatoms. The first-order chi connectivity index (χ1) is 17.2. The van der Waals surface area contributed by atoms with Gasteiger partial charge in [-0.2, -0.15) is 13.2 Å². The van der Waals surface area contributed by atoms with Crippen LogP contribution in [0.2, 0.25) is 5.02 Å². The summed E-state index contributed by atoms with van der Waals surface area (Å²) < 4.78 is 56.1. The summed E-state index contributed by atoms with van der Waals surface area (Å²) in [6, 6.07) is 15.2. The van der Waals surface area contributed by atoms with E-state index in [-0.39, 0.29) is 12.0 Å². The molecule has 1 aliphatic carbocycles. The fourth-order valence-electron chi connectivity index (χ4n) is 4.64. The topological polar surface area (TPSA) is 37.8 Å². The number of halogens is 5. The van der Waals surface area contributed by atoms with E-state index in [1.807, 2.05) is 30.3 Å². The van der Waals surface area contributed by atoms with Gasteiger partial charge < -0.3 is 5.32 Å². The Labute approximate surface area is 215 Å². The zero-order chi connectivity index (χ0) is 25.3. The molecule has 0 bridgehead atoms. The van der Waals surface area contributed by atoms with Crippen molar-refractivity contribution in [3.8, 4) is 0 Å². The Balaban J connectivity index is 1.74. The standard InChI is InChI=1S/C27H22ClF4N3S/c28-20-10-11-24(33-16-20)26(15-17-6-2-1-3-7-17,18-12-19(27(30,31)32)14-21(29)13-18)35-25-34-22-8-4-5-9-23(22)36-25/h1-3,6-7,10-14,16H,4-5,8-9,15H2,(H,34,35)/t26-/m0/s1. The summed E-state index contributed by atoms with van der Waals surface area (Å²) in [5.41, 5.74) is -0.0786. The molecule has 1 atom stereocenters. The van der Waals surface area contributed by atoms with Crippen molar-refractivity contribution in [2.75, 3.05) is 5.32 Å². The first-order valence-electron chi connectivity index (χ1n) is 11.5. The molecule has 1 N–H and O–H groups in total. The predicted molar refractivity (Wildman–Crippen MR) is 134 cm³/mol. The number of rotatable bonds is 6. The summed E-state index contributed by atoms with van der Waals surface area (Å²) in [6.07, 6.45) is 0.810. The van der Waals surface area contributed by atoms with Gasteiger partial charge in [-0.25, -0.2) is 9.37 Å². The minimum Gasteiger partial charge on any atom is -0.346 e. The van der Waals surface area contributed by atoms with E-state index in [9.17, 15) is 17.6 Å². The monoisotopic (exact) mass is 531 g/mol. The molecular formula is C27H22ClF4N3S. The van der Waals surface area contributed by atoms with Gasteiger partial charge in [0.25, 0.3) is 0 Å². The highest BCUT2D eigenvalue weighted by molar-refractivity contribution is 7.15. The third-order valence-corrected chi connectivity index (χ3v) is 7.66. The number of thiazole rings is 1. The van der Waals surface area contributed by atoms with E-state index in [0.717, 1.165) is 54.0 Å². The van der Waals surface area contributed by atoms with Crippen molar-refractivity contribution in [1.29, 1.82) is 0 Å². The number of aryl methyl sites for hydroxylation is 2. The van der Waals surface area contributed by atoms with Gasteiger partial charge in [0.05, 0.1) is 22.0 Å². The van der Waals surface area contributed by atoms with Crippen LogP contribution in [0.15, 0.2) is 66.9 Å². The summed E-state index contributed by atoms with van der Waals surface area (Å²) in [6.45, 7) is 0. The van der Waals surface area contributed by atoms with Gasteiger partial charge in [0.15, 0.2) is 5.13 Å². The van der Waals surface area contributed by atoms with Gasteiger partial charge in [0.2, 0.25) is 0 Å². The van der Waals surface area contributed by atoms with Gasteiger partial charge in [-0.1, -0.05) is 41.9 Å². The summed E-state index contributed by atoms with van der Waals surface area (Å²) in [4.78, 5) is 10.4. The van der Waals surface area contributed by atoms with Crippen LogP contribution in [0.1, 0.15) is 45.8 Å². The second-order valence-corrected chi connectivity index (χ2v) is 10.4. The van der Waals surface area contributed by atoms with E-state index in [0.29, 0.717) is 21.9 Å². The average molecular weight is 532 g/mol. The maximum Gasteiger partial charge on any atom is 0.416 e. The van der Waals surface area contributed by atoms with E-state index >= 15 is 0 Å². The SMILES string of the molecule is Fc1cc(C(F)(F)F)cc([C@](Cc2ccccc2)(Nc2nc3c(s2)CCCC3)c2ccc(Cl)cn2)c1. The number of nitrogens with zero attached hydrogens (tertiary/aromatic N) is 2. The van der Waals surface area contributed by atoms with Crippen LogP contribution in [0.4, 0.5) is 22.7 Å². The van der Waals surface area contributed by atoms with Crippen molar-refractivity contribution < 1.29 is 17.6 Å². The lowest BCUT2D eigenvalue weighted by Gasteiger charge is -2.36. The zero-order valence-electron chi connectivity index (χ0n) is 19.1. The van der Waals surface area contributed by atoms with Crippen molar-refractivity contribution in [2.45, 2.75) is 43.8 Å². The van der Waals surface area contributed by atoms with Crippen LogP contribution in [-0.2, 0) is 31.0 Å². The molecule has 2 aromatic heterocycles. The minimum atomic E-state index is -4.72. The predicted octanol–water partition coefficient (Wildman–Crippen LogP) is 7.83. The Kier molecular flexibility index (Phi) is 6.74. The molecule has 186 valence electrons. The van der Waals surface area contributed by atoms with E-state index in [1.54, 1.807) is 12.1 Å². The zero-order valence-corrected chi connectivity index (χ0v) is 20.7. The van der Waals surface area contributed by atoms with Gasteiger partial charge in [-0.15, -0.1) is 11.3 Å². The van der Waals surface area contributed by atoms with E-state index < -0.39 is 23.1 Å². The van der Waals surface area contributed by atoms with Crippen LogP contribution in [0.5, 0.6) is 0 Å². The Bertz CT molecular complexity index is 1330. The molecule has 0 spiro atoms. The van der Waals surface area contributed by atoms with Crippen LogP contribution in [0, 0.1) is 5.82 Å². The fraction of sp³-hybridized carbons (Fsp3) is 0.259. The molecule has 0 saturated heterocycles. The molecule has 0 aliphatic heterocycles.